The molecule has 0 radical (unpaired) electrons. The Kier molecular flexibility index (Phi) is 4.56. The Morgan fingerprint density at radius 3 is 2.79 bits per heavy atom. The minimum absolute atomic E-state index is 0.0269. The molecule has 6 heteroatoms. The van der Waals surface area contributed by atoms with Crippen LogP contribution in [0.2, 0.25) is 0 Å². The number of hydrogen-bond acceptors (Lipinski definition) is 5. The van der Waals surface area contributed by atoms with Gasteiger partial charge in [0.05, 0.1) is 12.8 Å². The number of rotatable bonds is 3. The number of aromatic amines is 1. The Balaban J connectivity index is 1.88. The minimum Gasteiger partial charge on any atom is -0.496 e. The van der Waals surface area contributed by atoms with Crippen LogP contribution >= 0.6 is 11.3 Å². The van der Waals surface area contributed by atoms with Gasteiger partial charge in [-0.1, -0.05) is 44.2 Å². The van der Waals surface area contributed by atoms with Crippen LogP contribution in [0.5, 0.6) is 5.75 Å². The number of nitrogens with two attached hydrogens (primary N) is 1. The summed E-state index contributed by atoms with van der Waals surface area (Å²) in [6, 6.07) is 9.80. The summed E-state index contributed by atoms with van der Waals surface area (Å²) >= 11 is 1.54. The molecule has 0 spiro atoms. The highest BCUT2D eigenvalue weighted by molar-refractivity contribution is 7.19. The summed E-state index contributed by atoms with van der Waals surface area (Å²) in [6.07, 6.45) is 7.11. The van der Waals surface area contributed by atoms with Crippen molar-refractivity contribution >= 4 is 39.4 Å². The smallest absolute Gasteiger partial charge is 0.269 e. The number of H-pyrrole nitrogens is 1. The van der Waals surface area contributed by atoms with Crippen molar-refractivity contribution in [2.45, 2.75) is 25.7 Å². The highest BCUT2D eigenvalue weighted by Crippen LogP contribution is 2.47. The fourth-order valence-electron chi connectivity index (χ4n) is 3.90. The molecule has 0 saturated heterocycles. The summed E-state index contributed by atoms with van der Waals surface area (Å²) in [7, 11) is 1.66. The van der Waals surface area contributed by atoms with Gasteiger partial charge in [-0.2, -0.15) is 5.26 Å². The molecular weight excluding hydrogens is 382 g/mol. The second-order valence-electron chi connectivity index (χ2n) is 7.76. The topological polar surface area (TPSA) is 91.9 Å². The fraction of sp³-hybridized carbons (Fsp3) is 0.217. The van der Waals surface area contributed by atoms with Gasteiger partial charge in [-0.15, -0.1) is 11.3 Å². The number of para-hydroxylation sites is 1. The van der Waals surface area contributed by atoms with Crippen LogP contribution in [-0.2, 0) is 5.41 Å². The molecule has 0 fully saturated rings. The molecule has 4 rings (SSSR count). The molecule has 3 N–H and O–H groups in total. The first-order valence-electron chi connectivity index (χ1n) is 9.26. The molecule has 0 bridgehead atoms. The number of allylic oxidation sites excluding steroid dienone is 2. The summed E-state index contributed by atoms with van der Waals surface area (Å²) in [5, 5.41) is 10.1. The summed E-state index contributed by atoms with van der Waals surface area (Å²) in [6.45, 7) is 4.37. The Labute approximate surface area is 172 Å². The Morgan fingerprint density at radius 1 is 1.31 bits per heavy atom. The third-order valence-electron chi connectivity index (χ3n) is 5.26. The van der Waals surface area contributed by atoms with E-state index in [0.29, 0.717) is 0 Å². The van der Waals surface area contributed by atoms with Gasteiger partial charge in [-0.05, 0) is 24.1 Å². The molecule has 2 aromatic heterocycles. The molecule has 0 amide bonds. The molecule has 3 aromatic rings. The lowest BCUT2D eigenvalue weighted by molar-refractivity contribution is 0.414. The summed E-state index contributed by atoms with van der Waals surface area (Å²) in [5.74, 6) is 0.821. The van der Waals surface area contributed by atoms with E-state index < -0.39 is 5.56 Å². The number of nitriles is 1. The maximum atomic E-state index is 12.2. The predicted molar refractivity (Wildman–Crippen MR) is 119 cm³/mol. The van der Waals surface area contributed by atoms with E-state index in [0.717, 1.165) is 39.1 Å². The number of hydrogen-bond donors (Lipinski definition) is 2. The molecule has 0 unspecified atom stereocenters. The number of methoxy groups -OCH3 is 1. The number of nitrogen functional groups attached to an aromatic ring is 1. The van der Waals surface area contributed by atoms with Crippen LogP contribution in [-0.4, -0.2) is 12.1 Å². The van der Waals surface area contributed by atoms with Crippen molar-refractivity contribution < 1.29 is 4.74 Å². The molecule has 1 aliphatic carbocycles. The van der Waals surface area contributed by atoms with Crippen LogP contribution in [0.15, 0.2) is 40.7 Å². The molecule has 0 atom stereocenters. The number of anilines is 1. The van der Waals surface area contributed by atoms with Crippen molar-refractivity contribution in [1.82, 2.24) is 4.98 Å². The van der Waals surface area contributed by atoms with Crippen LogP contribution in [0.3, 0.4) is 0 Å². The van der Waals surface area contributed by atoms with Gasteiger partial charge in [-0.25, -0.2) is 0 Å². The quantitative estimate of drug-likeness (QED) is 0.655. The second kappa shape index (κ2) is 6.94. The van der Waals surface area contributed by atoms with Gasteiger partial charge in [0, 0.05) is 26.8 Å². The van der Waals surface area contributed by atoms with Gasteiger partial charge in [-0.3, -0.25) is 4.79 Å². The van der Waals surface area contributed by atoms with E-state index >= 15 is 0 Å². The predicted octanol–water partition coefficient (Wildman–Crippen LogP) is 4.83. The lowest BCUT2D eigenvalue weighted by atomic mass is 9.77. The van der Waals surface area contributed by atoms with Crippen molar-refractivity contribution in [2.75, 3.05) is 12.8 Å². The number of pyridine rings is 1. The summed E-state index contributed by atoms with van der Waals surface area (Å²) < 4.78 is 5.43. The lowest BCUT2D eigenvalue weighted by Gasteiger charge is -2.29. The highest BCUT2D eigenvalue weighted by Gasteiger charge is 2.32. The number of aromatic nitrogens is 1. The van der Waals surface area contributed by atoms with E-state index in [9.17, 15) is 10.1 Å². The van der Waals surface area contributed by atoms with Gasteiger partial charge >= 0.3 is 0 Å². The van der Waals surface area contributed by atoms with Gasteiger partial charge in [0.2, 0.25) is 0 Å². The van der Waals surface area contributed by atoms with Gasteiger partial charge < -0.3 is 15.5 Å². The maximum absolute atomic E-state index is 12.2. The molecule has 1 aromatic carbocycles. The molecule has 2 heterocycles. The number of thiophene rings is 1. The zero-order chi connectivity index (χ0) is 20.8. The largest absolute Gasteiger partial charge is 0.496 e. The van der Waals surface area contributed by atoms with Crippen LogP contribution in [0.4, 0.5) is 5.69 Å². The van der Waals surface area contributed by atoms with Crippen molar-refractivity contribution in [3.63, 3.8) is 0 Å². The summed E-state index contributed by atoms with van der Waals surface area (Å²) in [4.78, 5) is 16.9. The standard InChI is InChI=1S/C23H21N3O2S/c1-23(2)11-13(8-9-14-6-4-5-7-17(14)28-3)10-15-18-19(25)16(12-24)21(27)26-22(18)29-20(15)23/h4-10H,11H2,1-3H3,(H3,25,26,27)/b9-8+. The zero-order valence-corrected chi connectivity index (χ0v) is 17.3. The Hall–Kier alpha value is -3.30. The van der Waals surface area contributed by atoms with E-state index in [-0.39, 0.29) is 16.7 Å². The normalized spacial score (nSPS) is 15.2. The van der Waals surface area contributed by atoms with E-state index in [2.05, 4.69) is 31.0 Å². The Bertz CT molecular complexity index is 1290. The van der Waals surface area contributed by atoms with Gasteiger partial charge in [0.1, 0.15) is 22.2 Å². The number of ether oxygens (including phenoxy) is 1. The molecular formula is C23H21N3O2S. The highest BCUT2D eigenvalue weighted by atomic mass is 32.1. The first kappa shape index (κ1) is 19.0. The third kappa shape index (κ3) is 3.14. The monoisotopic (exact) mass is 403 g/mol. The minimum atomic E-state index is -0.436. The molecule has 0 saturated carbocycles. The number of fused-ring (bicyclic) bond motifs is 3. The van der Waals surface area contributed by atoms with Crippen LogP contribution in [0, 0.1) is 11.3 Å². The molecule has 146 valence electrons. The van der Waals surface area contributed by atoms with Gasteiger partial charge in [0.15, 0.2) is 0 Å². The Morgan fingerprint density at radius 2 is 2.07 bits per heavy atom. The van der Waals surface area contributed by atoms with E-state index in [1.807, 2.05) is 36.4 Å². The van der Waals surface area contributed by atoms with E-state index in [4.69, 9.17) is 10.5 Å². The second-order valence-corrected chi connectivity index (χ2v) is 8.78. The molecule has 29 heavy (non-hydrogen) atoms. The van der Waals surface area contributed by atoms with Crippen LogP contribution < -0.4 is 16.0 Å². The average molecular weight is 404 g/mol. The number of benzene rings is 1. The molecule has 5 nitrogen and oxygen atoms in total. The molecule has 1 aliphatic rings. The molecule has 0 aliphatic heterocycles. The third-order valence-corrected chi connectivity index (χ3v) is 6.74. The zero-order valence-electron chi connectivity index (χ0n) is 16.5. The van der Waals surface area contributed by atoms with Crippen LogP contribution in [0.25, 0.3) is 22.4 Å². The summed E-state index contributed by atoms with van der Waals surface area (Å²) in [5.41, 5.74) is 9.05. The van der Waals surface area contributed by atoms with Crippen molar-refractivity contribution in [1.29, 1.82) is 5.26 Å². The van der Waals surface area contributed by atoms with E-state index in [1.54, 1.807) is 18.4 Å². The van der Waals surface area contributed by atoms with Crippen molar-refractivity contribution in [3.8, 4) is 11.8 Å². The SMILES string of the molecule is COc1ccccc1/C=C/C1=Cc2c(sc3[nH]c(=O)c(C#N)c(N)c23)C(C)(C)C1. The van der Waals surface area contributed by atoms with Gasteiger partial charge in [0.25, 0.3) is 5.56 Å². The van der Waals surface area contributed by atoms with Crippen LogP contribution in [0.1, 0.15) is 41.8 Å². The first-order chi connectivity index (χ1) is 13.9. The maximum Gasteiger partial charge on any atom is 0.269 e. The lowest BCUT2D eigenvalue weighted by Crippen LogP contribution is -2.20. The van der Waals surface area contributed by atoms with Crippen molar-refractivity contribution in [2.24, 2.45) is 0 Å². The van der Waals surface area contributed by atoms with E-state index in [1.165, 1.54) is 4.88 Å². The number of nitrogens with zero attached hydrogens (tertiary/aromatic N) is 1. The fourth-order valence-corrected chi connectivity index (χ4v) is 5.19. The number of nitrogens with one attached hydrogen (secondary N) is 1. The van der Waals surface area contributed by atoms with Crippen molar-refractivity contribution in [3.05, 3.63) is 67.8 Å². The average Bonchev–Trinajstić information content (AvgIpc) is 3.06. The first-order valence-corrected chi connectivity index (χ1v) is 10.1.